The van der Waals surface area contributed by atoms with E-state index in [9.17, 15) is 9.90 Å². The van der Waals surface area contributed by atoms with Crippen LogP contribution in [-0.4, -0.2) is 39.6 Å². The van der Waals surface area contributed by atoms with Crippen LogP contribution in [-0.2, 0) is 16.9 Å². The lowest BCUT2D eigenvalue weighted by molar-refractivity contribution is -0.104. The maximum absolute atomic E-state index is 11.0. The van der Waals surface area contributed by atoms with Gasteiger partial charge in [-0.1, -0.05) is 29.4 Å². The summed E-state index contributed by atoms with van der Waals surface area (Å²) in [6.45, 7) is 8.05. The molecule has 0 aliphatic rings. The molecule has 3 rings (SSSR count). The predicted octanol–water partition coefficient (Wildman–Crippen LogP) is 4.98. The summed E-state index contributed by atoms with van der Waals surface area (Å²) in [4.78, 5) is 17.4. The molecule has 34 heavy (non-hydrogen) atoms. The maximum Gasteiger partial charge on any atom is 0.258 e. The molecule has 0 saturated heterocycles. The van der Waals surface area contributed by atoms with Crippen molar-refractivity contribution in [1.82, 2.24) is 15.0 Å². The lowest BCUT2D eigenvalue weighted by Gasteiger charge is -2.20. The number of rotatable bonds is 10. The van der Waals surface area contributed by atoms with Gasteiger partial charge in [-0.15, -0.1) is 0 Å². The Morgan fingerprint density at radius 1 is 1.21 bits per heavy atom. The van der Waals surface area contributed by atoms with Crippen molar-refractivity contribution in [3.63, 3.8) is 0 Å². The van der Waals surface area contributed by atoms with Gasteiger partial charge in [-0.05, 0) is 75.2 Å². The van der Waals surface area contributed by atoms with Crippen LogP contribution in [0.25, 0.3) is 17.0 Å². The molecule has 0 spiro atoms. The lowest BCUT2D eigenvalue weighted by atomic mass is 9.96. The Hall–Kier alpha value is -3.71. The van der Waals surface area contributed by atoms with E-state index in [-0.39, 0.29) is 6.10 Å². The predicted molar refractivity (Wildman–Crippen MR) is 132 cm³/mol. The number of aliphatic hydroxyl groups is 1. The molecule has 0 fully saturated rings. The first-order chi connectivity index (χ1) is 16.2. The minimum absolute atomic E-state index is 0.0905. The van der Waals surface area contributed by atoms with Crippen LogP contribution in [0.2, 0.25) is 0 Å². The first-order valence-electron chi connectivity index (χ1n) is 11.1. The first kappa shape index (κ1) is 24.9. The normalized spacial score (nSPS) is 12.4. The van der Waals surface area contributed by atoms with Crippen molar-refractivity contribution in [1.29, 1.82) is 0 Å². The molecule has 0 radical (unpaired) electrons. The summed E-state index contributed by atoms with van der Waals surface area (Å²) in [6.07, 6.45) is 5.68. The second-order valence-corrected chi connectivity index (χ2v) is 8.87. The number of carbonyl (C=O) groups is 1. The molecule has 7 heteroatoms. The molecule has 0 atom stereocenters. The topological polar surface area (TPSA) is 88.7 Å². The van der Waals surface area contributed by atoms with Crippen LogP contribution in [0, 0.1) is 0 Å². The molecular formula is C27H31N3O4. The van der Waals surface area contributed by atoms with Gasteiger partial charge in [0.15, 0.2) is 0 Å². The highest BCUT2D eigenvalue weighted by Gasteiger charge is 2.16. The Labute approximate surface area is 200 Å². The van der Waals surface area contributed by atoms with Gasteiger partial charge in [0.1, 0.15) is 12.0 Å². The molecule has 0 amide bonds. The summed E-state index contributed by atoms with van der Waals surface area (Å²) in [7, 11) is 1.92. The zero-order valence-electron chi connectivity index (χ0n) is 20.2. The molecule has 0 saturated carbocycles. The zero-order valence-corrected chi connectivity index (χ0v) is 20.2. The quantitative estimate of drug-likeness (QED) is 0.259. The van der Waals surface area contributed by atoms with Crippen LogP contribution in [0.1, 0.15) is 44.6 Å². The molecule has 0 aliphatic heterocycles. The molecule has 2 aromatic carbocycles. The molecule has 0 aliphatic carbocycles. The minimum Gasteiger partial charge on any atom is -0.491 e. The SMILES string of the molecule is CC(C)Oc1ccc(-c2nc(C(/C=C\C=O)=C/N(C)Cc3cccc(C(C)(C)O)c3)no2)cc1. The highest BCUT2D eigenvalue weighted by molar-refractivity contribution is 5.76. The van der Waals surface area contributed by atoms with Crippen LogP contribution in [0.3, 0.4) is 0 Å². The van der Waals surface area contributed by atoms with Crippen LogP contribution >= 0.6 is 0 Å². The molecule has 178 valence electrons. The smallest absolute Gasteiger partial charge is 0.258 e. The van der Waals surface area contributed by atoms with Crippen molar-refractivity contribution in [2.45, 2.75) is 45.9 Å². The highest BCUT2D eigenvalue weighted by atomic mass is 16.5. The van der Waals surface area contributed by atoms with Crippen LogP contribution in [0.15, 0.2) is 71.4 Å². The maximum atomic E-state index is 11.0. The standard InChI is InChI=1S/C27H31N3O4/c1-19(2)33-24-13-11-21(12-14-24)26-28-25(29-34-26)22(9-7-15-31)18-30(5)17-20-8-6-10-23(16-20)27(3,4)32/h6-16,18-19,32H,17H2,1-5H3/b9-7-,22-18+. The fraction of sp³-hybridized carbons (Fsp3) is 0.296. The second kappa shape index (κ2) is 10.9. The van der Waals surface area contributed by atoms with Crippen molar-refractivity contribution in [3.8, 4) is 17.2 Å². The van der Waals surface area contributed by atoms with Gasteiger partial charge in [0.05, 0.1) is 11.7 Å². The van der Waals surface area contributed by atoms with E-state index in [2.05, 4.69) is 10.1 Å². The van der Waals surface area contributed by atoms with Gasteiger partial charge in [-0.2, -0.15) is 4.98 Å². The van der Waals surface area contributed by atoms with E-state index in [1.807, 2.05) is 80.5 Å². The summed E-state index contributed by atoms with van der Waals surface area (Å²) >= 11 is 0. The number of aromatic nitrogens is 2. The van der Waals surface area contributed by atoms with Crippen LogP contribution in [0.4, 0.5) is 0 Å². The summed E-state index contributed by atoms with van der Waals surface area (Å²) < 4.78 is 11.1. The molecule has 0 bridgehead atoms. The number of benzene rings is 2. The fourth-order valence-electron chi connectivity index (χ4n) is 3.35. The van der Waals surface area contributed by atoms with Gasteiger partial charge in [0.25, 0.3) is 5.89 Å². The number of hydrogen-bond acceptors (Lipinski definition) is 7. The van der Waals surface area contributed by atoms with Crippen molar-refractivity contribution in [3.05, 3.63) is 83.8 Å². The molecule has 1 aromatic heterocycles. The minimum atomic E-state index is -0.914. The van der Waals surface area contributed by atoms with Gasteiger partial charge in [-0.25, -0.2) is 0 Å². The van der Waals surface area contributed by atoms with Gasteiger partial charge < -0.3 is 19.3 Å². The average Bonchev–Trinajstić information content (AvgIpc) is 3.26. The summed E-state index contributed by atoms with van der Waals surface area (Å²) in [6, 6.07) is 15.2. The van der Waals surface area contributed by atoms with Crippen LogP contribution in [0.5, 0.6) is 5.75 Å². The Balaban J connectivity index is 1.81. The van der Waals surface area contributed by atoms with E-state index in [1.54, 1.807) is 19.9 Å². The van der Waals surface area contributed by atoms with E-state index < -0.39 is 5.60 Å². The summed E-state index contributed by atoms with van der Waals surface area (Å²) in [5.41, 5.74) is 2.36. The van der Waals surface area contributed by atoms with E-state index in [1.165, 1.54) is 6.08 Å². The molecule has 7 nitrogen and oxygen atoms in total. The van der Waals surface area contributed by atoms with Crippen molar-refractivity contribution < 1.29 is 19.2 Å². The molecule has 1 heterocycles. The average molecular weight is 462 g/mol. The number of nitrogens with zero attached hydrogens (tertiary/aromatic N) is 3. The van der Waals surface area contributed by atoms with E-state index >= 15 is 0 Å². The van der Waals surface area contributed by atoms with Gasteiger partial charge >= 0.3 is 0 Å². The van der Waals surface area contributed by atoms with Gasteiger partial charge in [-0.3, -0.25) is 4.79 Å². The number of carbonyl (C=O) groups excluding carboxylic acids is 1. The van der Waals surface area contributed by atoms with Crippen LogP contribution < -0.4 is 4.74 Å². The van der Waals surface area contributed by atoms with E-state index in [0.29, 0.717) is 30.1 Å². The Kier molecular flexibility index (Phi) is 8.02. The van der Waals surface area contributed by atoms with Gasteiger partial charge in [0.2, 0.25) is 5.82 Å². The Bertz CT molecular complexity index is 1160. The fourth-order valence-corrected chi connectivity index (χ4v) is 3.35. The molecule has 1 N–H and O–H groups in total. The third-order valence-corrected chi connectivity index (χ3v) is 4.94. The first-order valence-corrected chi connectivity index (χ1v) is 11.1. The van der Waals surface area contributed by atoms with Crippen molar-refractivity contribution in [2.24, 2.45) is 0 Å². The highest BCUT2D eigenvalue weighted by Crippen LogP contribution is 2.25. The third-order valence-electron chi connectivity index (χ3n) is 4.94. The Morgan fingerprint density at radius 2 is 1.94 bits per heavy atom. The number of aldehydes is 1. The second-order valence-electron chi connectivity index (χ2n) is 8.87. The number of allylic oxidation sites excluding steroid dienone is 3. The number of hydrogen-bond donors (Lipinski definition) is 1. The monoisotopic (exact) mass is 461 g/mol. The third kappa shape index (κ3) is 6.89. The summed E-state index contributed by atoms with van der Waals surface area (Å²) in [5.74, 6) is 1.51. The number of ether oxygens (including phenoxy) is 1. The van der Waals surface area contributed by atoms with Gasteiger partial charge in [0, 0.05) is 30.9 Å². The lowest BCUT2D eigenvalue weighted by Crippen LogP contribution is -2.17. The summed E-state index contributed by atoms with van der Waals surface area (Å²) in [5, 5.41) is 14.4. The van der Waals surface area contributed by atoms with Crippen molar-refractivity contribution >= 4 is 11.9 Å². The van der Waals surface area contributed by atoms with E-state index in [4.69, 9.17) is 9.26 Å². The molecule has 3 aromatic rings. The van der Waals surface area contributed by atoms with E-state index in [0.717, 1.165) is 22.4 Å². The largest absolute Gasteiger partial charge is 0.491 e. The van der Waals surface area contributed by atoms with Crippen molar-refractivity contribution in [2.75, 3.05) is 7.05 Å². The molecular weight excluding hydrogens is 430 g/mol. The Morgan fingerprint density at radius 3 is 2.59 bits per heavy atom. The zero-order chi connectivity index (χ0) is 24.7. The molecule has 0 unspecified atom stereocenters.